The zero-order chi connectivity index (χ0) is 19.6. The number of aromatic nitrogens is 1. The Morgan fingerprint density at radius 1 is 1.17 bits per heavy atom. The molecule has 2 aromatic heterocycles. The number of nitrogens with zero attached hydrogens (tertiary/aromatic N) is 1. The van der Waals surface area contributed by atoms with E-state index in [0.717, 1.165) is 11.3 Å². The Hall–Kier alpha value is -2.88. The second-order valence-electron chi connectivity index (χ2n) is 6.90. The number of ether oxygens (including phenoxy) is 2. The zero-order valence-electron chi connectivity index (χ0n) is 15.5. The first-order valence-corrected chi connectivity index (χ1v) is 10.3. The number of hydrazine groups is 1. The van der Waals surface area contributed by atoms with Crippen LogP contribution in [0.4, 0.5) is 0 Å². The van der Waals surface area contributed by atoms with E-state index in [2.05, 4.69) is 27.4 Å². The van der Waals surface area contributed by atoms with Crippen LogP contribution in [-0.2, 0) is 11.3 Å². The van der Waals surface area contributed by atoms with Crippen LogP contribution in [0.3, 0.4) is 0 Å². The van der Waals surface area contributed by atoms with E-state index in [4.69, 9.17) is 14.0 Å². The fourth-order valence-corrected chi connectivity index (χ4v) is 4.22. The minimum atomic E-state index is -0.286. The van der Waals surface area contributed by atoms with Crippen LogP contribution < -0.4 is 25.6 Å². The Labute approximate surface area is 171 Å². The Bertz CT molecular complexity index is 1000. The number of hydrogen-bond donors (Lipinski definition) is 3. The van der Waals surface area contributed by atoms with Crippen molar-refractivity contribution in [2.75, 3.05) is 13.2 Å². The molecule has 2 unspecified atom stereocenters. The number of thiophene rings is 1. The molecule has 3 aromatic rings. The largest absolute Gasteiger partial charge is 0.486 e. The molecule has 9 heteroatoms. The van der Waals surface area contributed by atoms with Gasteiger partial charge in [-0.1, -0.05) is 11.2 Å². The van der Waals surface area contributed by atoms with Crippen LogP contribution >= 0.6 is 11.3 Å². The molecule has 5 rings (SSSR count). The first-order valence-electron chi connectivity index (χ1n) is 9.44. The molecule has 8 nitrogen and oxygen atoms in total. The van der Waals surface area contributed by atoms with Gasteiger partial charge in [-0.2, -0.15) is 0 Å². The van der Waals surface area contributed by atoms with E-state index in [1.54, 1.807) is 11.3 Å². The van der Waals surface area contributed by atoms with Gasteiger partial charge in [-0.15, -0.1) is 11.3 Å². The van der Waals surface area contributed by atoms with Crippen molar-refractivity contribution in [1.82, 2.24) is 21.3 Å². The lowest BCUT2D eigenvalue weighted by Crippen LogP contribution is -2.42. The molecular weight excluding hydrogens is 392 g/mol. The van der Waals surface area contributed by atoms with E-state index in [-0.39, 0.29) is 18.0 Å². The summed E-state index contributed by atoms with van der Waals surface area (Å²) < 4.78 is 16.6. The van der Waals surface area contributed by atoms with E-state index < -0.39 is 0 Å². The second-order valence-corrected chi connectivity index (χ2v) is 7.88. The highest BCUT2D eigenvalue weighted by atomic mass is 32.1. The first kappa shape index (κ1) is 18.2. The predicted octanol–water partition coefficient (Wildman–Crippen LogP) is 2.40. The maximum Gasteiger partial charge on any atom is 0.238 e. The molecule has 4 heterocycles. The number of nitrogens with one attached hydrogen (secondary N) is 3. The lowest BCUT2D eigenvalue weighted by Gasteiger charge is -2.18. The first-order chi connectivity index (χ1) is 14.3. The normalized spacial score (nSPS) is 20.6. The molecule has 2 aliphatic heterocycles. The van der Waals surface area contributed by atoms with Crippen LogP contribution in [0.25, 0.3) is 11.3 Å². The van der Waals surface area contributed by atoms with Gasteiger partial charge in [0.05, 0.1) is 12.6 Å². The van der Waals surface area contributed by atoms with E-state index in [1.807, 2.05) is 35.7 Å². The topological polar surface area (TPSA) is 97.7 Å². The van der Waals surface area contributed by atoms with Crippen molar-refractivity contribution in [1.29, 1.82) is 0 Å². The summed E-state index contributed by atoms with van der Waals surface area (Å²) in [5.41, 5.74) is 7.75. The molecule has 2 aliphatic rings. The van der Waals surface area contributed by atoms with Gasteiger partial charge in [0.15, 0.2) is 17.3 Å². The number of fused-ring (bicyclic) bond motifs is 1. The minimum absolute atomic E-state index is 0.0690. The summed E-state index contributed by atoms with van der Waals surface area (Å²) in [5, 5.41) is 9.01. The molecule has 1 fully saturated rings. The van der Waals surface area contributed by atoms with Gasteiger partial charge in [0, 0.05) is 16.5 Å². The van der Waals surface area contributed by atoms with Gasteiger partial charge < -0.3 is 19.3 Å². The number of benzene rings is 1. The molecule has 0 radical (unpaired) electrons. The Balaban J connectivity index is 1.18. The van der Waals surface area contributed by atoms with E-state index in [1.165, 1.54) is 4.88 Å². The van der Waals surface area contributed by atoms with E-state index in [0.29, 0.717) is 43.4 Å². The van der Waals surface area contributed by atoms with E-state index >= 15 is 0 Å². The second kappa shape index (κ2) is 7.86. The van der Waals surface area contributed by atoms with Crippen molar-refractivity contribution in [3.63, 3.8) is 0 Å². The van der Waals surface area contributed by atoms with Gasteiger partial charge in [0.2, 0.25) is 5.91 Å². The highest BCUT2D eigenvalue weighted by molar-refractivity contribution is 7.10. The maximum absolute atomic E-state index is 12.5. The maximum atomic E-state index is 12.5. The average molecular weight is 412 g/mol. The van der Waals surface area contributed by atoms with Crippen LogP contribution in [0.2, 0.25) is 0 Å². The average Bonchev–Trinajstić information content (AvgIpc) is 3.52. The summed E-state index contributed by atoms with van der Waals surface area (Å²) >= 11 is 1.68. The van der Waals surface area contributed by atoms with Gasteiger partial charge >= 0.3 is 0 Å². The van der Waals surface area contributed by atoms with Gasteiger partial charge in [0.25, 0.3) is 0 Å². The number of carbonyl (C=O) groups excluding carboxylic acids is 1. The van der Waals surface area contributed by atoms with Crippen LogP contribution in [-0.4, -0.2) is 30.3 Å². The summed E-state index contributed by atoms with van der Waals surface area (Å²) in [6, 6.07) is 11.4. The summed E-state index contributed by atoms with van der Waals surface area (Å²) in [6.07, 6.45) is 0.702. The minimum Gasteiger partial charge on any atom is -0.486 e. The fraction of sp³-hybridized carbons (Fsp3) is 0.300. The van der Waals surface area contributed by atoms with Gasteiger partial charge in [-0.05, 0) is 36.1 Å². The Kier molecular flexibility index (Phi) is 4.92. The number of amides is 1. The Morgan fingerprint density at radius 3 is 2.93 bits per heavy atom. The number of rotatable bonds is 5. The smallest absolute Gasteiger partial charge is 0.238 e. The number of carbonyl (C=O) groups is 1. The lowest BCUT2D eigenvalue weighted by atomic mass is 10.1. The Morgan fingerprint density at radius 2 is 2.07 bits per heavy atom. The van der Waals surface area contributed by atoms with Gasteiger partial charge in [-0.25, -0.2) is 10.9 Å². The standard InChI is InChI=1S/C20H20N4O4S/c25-20(15-10-14(22-23-15)19-2-1-7-29-19)21-11-13-9-17(28-24-13)12-3-4-16-18(8-12)27-6-5-26-16/h1-4,7-9,14-15,22-23H,5-6,10-11H2,(H,21,25). The molecule has 0 aliphatic carbocycles. The van der Waals surface area contributed by atoms with Crippen LogP contribution in [0.1, 0.15) is 23.0 Å². The molecule has 1 saturated heterocycles. The molecule has 1 aromatic carbocycles. The molecule has 2 atom stereocenters. The fourth-order valence-electron chi connectivity index (χ4n) is 3.43. The monoisotopic (exact) mass is 412 g/mol. The van der Waals surface area contributed by atoms with Crippen LogP contribution in [0.5, 0.6) is 11.5 Å². The predicted molar refractivity (Wildman–Crippen MR) is 107 cm³/mol. The lowest BCUT2D eigenvalue weighted by molar-refractivity contribution is -0.123. The van der Waals surface area contributed by atoms with E-state index in [9.17, 15) is 4.79 Å². The third kappa shape index (κ3) is 3.84. The number of hydrogen-bond acceptors (Lipinski definition) is 8. The molecule has 0 spiro atoms. The zero-order valence-corrected chi connectivity index (χ0v) is 16.3. The highest BCUT2D eigenvalue weighted by Gasteiger charge is 2.30. The third-order valence-corrected chi connectivity index (χ3v) is 5.92. The van der Waals surface area contributed by atoms with Gasteiger partial charge in [0.1, 0.15) is 24.9 Å². The van der Waals surface area contributed by atoms with Crippen molar-refractivity contribution in [3.8, 4) is 22.8 Å². The molecule has 0 bridgehead atoms. The molecule has 150 valence electrons. The molecule has 3 N–H and O–H groups in total. The molecule has 0 saturated carbocycles. The SMILES string of the molecule is O=C(NCc1cc(-c2ccc3c(c2)OCCO3)on1)C1CC(c2cccs2)NN1. The van der Waals surface area contributed by atoms with Crippen molar-refractivity contribution in [2.45, 2.75) is 25.0 Å². The van der Waals surface area contributed by atoms with Crippen molar-refractivity contribution >= 4 is 17.2 Å². The molecule has 1 amide bonds. The summed E-state index contributed by atoms with van der Waals surface area (Å²) in [7, 11) is 0. The highest BCUT2D eigenvalue weighted by Crippen LogP contribution is 2.34. The summed E-state index contributed by atoms with van der Waals surface area (Å²) in [4.78, 5) is 13.7. The molecule has 29 heavy (non-hydrogen) atoms. The van der Waals surface area contributed by atoms with Crippen LogP contribution in [0.15, 0.2) is 46.3 Å². The van der Waals surface area contributed by atoms with Crippen molar-refractivity contribution in [3.05, 3.63) is 52.3 Å². The third-order valence-electron chi connectivity index (χ3n) is 4.94. The van der Waals surface area contributed by atoms with Gasteiger partial charge in [-0.3, -0.25) is 4.79 Å². The van der Waals surface area contributed by atoms with Crippen molar-refractivity contribution in [2.24, 2.45) is 0 Å². The van der Waals surface area contributed by atoms with Crippen molar-refractivity contribution < 1.29 is 18.8 Å². The summed E-state index contributed by atoms with van der Waals surface area (Å²) in [6.45, 7) is 1.38. The quantitative estimate of drug-likeness (QED) is 0.592. The molecular formula is C20H20N4O4S. The summed E-state index contributed by atoms with van der Waals surface area (Å²) in [5.74, 6) is 1.97. The van der Waals surface area contributed by atoms with Crippen LogP contribution in [0, 0.1) is 0 Å².